The lowest BCUT2D eigenvalue weighted by atomic mass is 9.96. The summed E-state index contributed by atoms with van der Waals surface area (Å²) in [5.41, 5.74) is 3.01. The van der Waals surface area contributed by atoms with Crippen LogP contribution in [0.5, 0.6) is 0 Å². The normalized spacial score (nSPS) is 15.2. The zero-order chi connectivity index (χ0) is 21.8. The molecule has 0 aliphatic carbocycles. The highest BCUT2D eigenvalue weighted by atomic mass is 35.5. The molecule has 0 saturated carbocycles. The molecule has 1 saturated heterocycles. The van der Waals surface area contributed by atoms with E-state index in [2.05, 4.69) is 15.2 Å². The topological polar surface area (TPSA) is 87.3 Å². The number of piperidine rings is 1. The minimum absolute atomic E-state index is 0.0688. The SMILES string of the molecule is CCOC(=O)c1ccc(NC(=O)CN2CCC(c3nc4ccc(Cl)cc4[nH]3)CC2)cc1. The van der Waals surface area contributed by atoms with Crippen molar-refractivity contribution in [3.05, 3.63) is 58.9 Å². The van der Waals surface area contributed by atoms with Crippen LogP contribution >= 0.6 is 11.6 Å². The van der Waals surface area contributed by atoms with Crippen LogP contribution in [0, 0.1) is 0 Å². The van der Waals surface area contributed by atoms with E-state index in [1.165, 1.54) is 0 Å². The van der Waals surface area contributed by atoms with Gasteiger partial charge in [0.1, 0.15) is 5.82 Å². The number of aromatic nitrogens is 2. The predicted molar refractivity (Wildman–Crippen MR) is 121 cm³/mol. The number of hydrogen-bond acceptors (Lipinski definition) is 5. The van der Waals surface area contributed by atoms with Gasteiger partial charge in [-0.1, -0.05) is 11.6 Å². The summed E-state index contributed by atoms with van der Waals surface area (Å²) >= 11 is 6.06. The number of anilines is 1. The van der Waals surface area contributed by atoms with Crippen LogP contribution in [-0.2, 0) is 9.53 Å². The number of nitrogens with one attached hydrogen (secondary N) is 2. The largest absolute Gasteiger partial charge is 0.462 e. The Morgan fingerprint density at radius 1 is 1.19 bits per heavy atom. The highest BCUT2D eigenvalue weighted by Crippen LogP contribution is 2.28. The Balaban J connectivity index is 1.27. The molecule has 1 aromatic heterocycles. The van der Waals surface area contributed by atoms with Gasteiger partial charge in [0.05, 0.1) is 29.7 Å². The average Bonchev–Trinajstić information content (AvgIpc) is 3.18. The first-order chi connectivity index (χ1) is 15.0. The molecule has 0 radical (unpaired) electrons. The van der Waals surface area contributed by atoms with Crippen LogP contribution < -0.4 is 5.32 Å². The minimum Gasteiger partial charge on any atom is -0.462 e. The van der Waals surface area contributed by atoms with Crippen molar-refractivity contribution >= 4 is 40.2 Å². The van der Waals surface area contributed by atoms with E-state index in [0.29, 0.717) is 35.3 Å². The molecule has 2 heterocycles. The summed E-state index contributed by atoms with van der Waals surface area (Å²) in [5.74, 6) is 0.903. The van der Waals surface area contributed by atoms with Crippen LogP contribution in [0.2, 0.25) is 5.02 Å². The molecule has 1 aliphatic rings. The second-order valence-corrected chi connectivity index (χ2v) is 8.12. The number of ether oxygens (including phenoxy) is 1. The number of H-pyrrole nitrogens is 1. The van der Waals surface area contributed by atoms with Crippen molar-refractivity contribution in [2.45, 2.75) is 25.7 Å². The Morgan fingerprint density at radius 3 is 2.65 bits per heavy atom. The maximum absolute atomic E-state index is 12.4. The zero-order valence-corrected chi connectivity index (χ0v) is 18.1. The molecule has 1 fully saturated rings. The van der Waals surface area contributed by atoms with Gasteiger partial charge in [0.15, 0.2) is 0 Å². The number of esters is 1. The average molecular weight is 441 g/mol. The van der Waals surface area contributed by atoms with Crippen molar-refractivity contribution in [2.75, 3.05) is 31.6 Å². The molecule has 2 aromatic carbocycles. The van der Waals surface area contributed by atoms with Gasteiger partial charge in [-0.2, -0.15) is 0 Å². The second-order valence-electron chi connectivity index (χ2n) is 7.68. The first kappa shape index (κ1) is 21.3. The van der Waals surface area contributed by atoms with Gasteiger partial charge in [-0.3, -0.25) is 9.69 Å². The lowest BCUT2D eigenvalue weighted by Gasteiger charge is -2.30. The predicted octanol–water partition coefficient (Wildman–Crippen LogP) is 4.21. The quantitative estimate of drug-likeness (QED) is 0.560. The summed E-state index contributed by atoms with van der Waals surface area (Å²) in [6.07, 6.45) is 1.88. The van der Waals surface area contributed by atoms with E-state index in [0.717, 1.165) is 42.8 Å². The molecule has 0 atom stereocenters. The van der Waals surface area contributed by atoms with Crippen molar-refractivity contribution in [1.82, 2.24) is 14.9 Å². The van der Waals surface area contributed by atoms with Gasteiger partial charge in [-0.15, -0.1) is 0 Å². The molecule has 1 amide bonds. The van der Waals surface area contributed by atoms with Crippen LogP contribution in [0.1, 0.15) is 41.9 Å². The number of hydrogen-bond donors (Lipinski definition) is 2. The molecule has 7 nitrogen and oxygen atoms in total. The monoisotopic (exact) mass is 440 g/mol. The van der Waals surface area contributed by atoms with Crippen molar-refractivity contribution in [3.8, 4) is 0 Å². The van der Waals surface area contributed by atoms with E-state index in [9.17, 15) is 9.59 Å². The third-order valence-corrected chi connectivity index (χ3v) is 5.72. The summed E-state index contributed by atoms with van der Waals surface area (Å²) < 4.78 is 4.97. The fourth-order valence-electron chi connectivity index (χ4n) is 3.87. The second kappa shape index (κ2) is 9.49. The number of carbonyl (C=O) groups is 2. The van der Waals surface area contributed by atoms with Gasteiger partial charge in [0.2, 0.25) is 5.91 Å². The van der Waals surface area contributed by atoms with Crippen LogP contribution in [0.4, 0.5) is 5.69 Å². The summed E-state index contributed by atoms with van der Waals surface area (Å²) in [6, 6.07) is 12.4. The number of amides is 1. The number of halogens is 1. The van der Waals surface area contributed by atoms with E-state index in [1.807, 2.05) is 18.2 Å². The number of nitrogens with zero attached hydrogens (tertiary/aromatic N) is 2. The summed E-state index contributed by atoms with van der Waals surface area (Å²) in [7, 11) is 0. The van der Waals surface area contributed by atoms with Gasteiger partial charge < -0.3 is 15.0 Å². The summed E-state index contributed by atoms with van der Waals surface area (Å²) in [6.45, 7) is 4.10. The molecule has 1 aliphatic heterocycles. The van der Waals surface area contributed by atoms with Gasteiger partial charge in [-0.25, -0.2) is 9.78 Å². The summed E-state index contributed by atoms with van der Waals surface area (Å²) in [5, 5.41) is 3.58. The number of fused-ring (bicyclic) bond motifs is 1. The molecule has 3 aromatic rings. The van der Waals surface area contributed by atoms with Crippen LogP contribution in [0.3, 0.4) is 0 Å². The maximum Gasteiger partial charge on any atom is 0.338 e. The maximum atomic E-state index is 12.4. The van der Waals surface area contributed by atoms with Crippen molar-refractivity contribution in [2.24, 2.45) is 0 Å². The van der Waals surface area contributed by atoms with Crippen LogP contribution in [0.15, 0.2) is 42.5 Å². The van der Waals surface area contributed by atoms with E-state index >= 15 is 0 Å². The Hall–Kier alpha value is -2.90. The molecule has 4 rings (SSSR count). The van der Waals surface area contributed by atoms with E-state index in [-0.39, 0.29) is 11.9 Å². The van der Waals surface area contributed by atoms with Gasteiger partial charge >= 0.3 is 5.97 Å². The van der Waals surface area contributed by atoms with Crippen LogP contribution in [-0.4, -0.2) is 53.0 Å². The van der Waals surface area contributed by atoms with E-state index in [1.54, 1.807) is 31.2 Å². The highest BCUT2D eigenvalue weighted by molar-refractivity contribution is 6.31. The van der Waals surface area contributed by atoms with Gasteiger partial charge in [0.25, 0.3) is 0 Å². The third kappa shape index (κ3) is 5.24. The lowest BCUT2D eigenvalue weighted by Crippen LogP contribution is -2.38. The molecule has 8 heteroatoms. The van der Waals surface area contributed by atoms with Crippen molar-refractivity contribution in [1.29, 1.82) is 0 Å². The fourth-order valence-corrected chi connectivity index (χ4v) is 4.04. The third-order valence-electron chi connectivity index (χ3n) is 5.48. The molecule has 162 valence electrons. The van der Waals surface area contributed by atoms with E-state index in [4.69, 9.17) is 21.3 Å². The fraction of sp³-hybridized carbons (Fsp3) is 0.348. The standard InChI is InChI=1S/C23H25ClN4O3/c1-2-31-23(30)16-3-6-18(7-4-16)25-21(29)14-28-11-9-15(10-12-28)22-26-19-8-5-17(24)13-20(19)27-22/h3-8,13,15H,2,9-12,14H2,1H3,(H,25,29)(H,26,27). The first-order valence-electron chi connectivity index (χ1n) is 10.5. The van der Waals surface area contributed by atoms with E-state index < -0.39 is 0 Å². The Kier molecular flexibility index (Phi) is 6.53. The minimum atomic E-state index is -0.365. The highest BCUT2D eigenvalue weighted by Gasteiger charge is 2.24. The number of imidazole rings is 1. The number of likely N-dealkylation sites (tertiary alicyclic amines) is 1. The summed E-state index contributed by atoms with van der Waals surface area (Å²) in [4.78, 5) is 34.4. The smallest absolute Gasteiger partial charge is 0.338 e. The molecule has 0 spiro atoms. The molecule has 2 N–H and O–H groups in total. The number of rotatable bonds is 6. The lowest BCUT2D eigenvalue weighted by molar-refractivity contribution is -0.117. The van der Waals surface area contributed by atoms with Crippen molar-refractivity contribution in [3.63, 3.8) is 0 Å². The molecule has 31 heavy (non-hydrogen) atoms. The molecule has 0 unspecified atom stereocenters. The zero-order valence-electron chi connectivity index (χ0n) is 17.4. The number of benzene rings is 2. The van der Waals surface area contributed by atoms with Gasteiger partial charge in [-0.05, 0) is 75.3 Å². The van der Waals surface area contributed by atoms with Gasteiger partial charge in [0, 0.05) is 16.6 Å². The Bertz CT molecular complexity index is 1070. The number of aromatic amines is 1. The molecular weight excluding hydrogens is 416 g/mol. The Labute approximate surface area is 185 Å². The van der Waals surface area contributed by atoms with Crippen LogP contribution in [0.25, 0.3) is 11.0 Å². The van der Waals surface area contributed by atoms with Crippen molar-refractivity contribution < 1.29 is 14.3 Å². The molecular formula is C23H25ClN4O3. The Morgan fingerprint density at radius 2 is 1.94 bits per heavy atom. The molecule has 0 bridgehead atoms. The number of carbonyl (C=O) groups excluding carboxylic acids is 2. The first-order valence-corrected chi connectivity index (χ1v) is 10.8.